The molecule has 142 valence electrons. The Hall–Kier alpha value is -3.44. The van der Waals surface area contributed by atoms with Crippen LogP contribution in [0.4, 0.5) is 5.82 Å². The number of nitrogens with zero attached hydrogens (tertiary/aromatic N) is 2. The van der Waals surface area contributed by atoms with Crippen molar-refractivity contribution in [1.29, 1.82) is 0 Å². The van der Waals surface area contributed by atoms with Gasteiger partial charge in [-0.05, 0) is 36.8 Å². The van der Waals surface area contributed by atoms with Crippen LogP contribution >= 0.6 is 11.6 Å². The summed E-state index contributed by atoms with van der Waals surface area (Å²) in [7, 11) is 0. The lowest BCUT2D eigenvalue weighted by Gasteiger charge is -2.24. The lowest BCUT2D eigenvalue weighted by Crippen LogP contribution is -2.30. The van der Waals surface area contributed by atoms with Crippen molar-refractivity contribution in [1.82, 2.24) is 4.98 Å². The predicted octanol–water partition coefficient (Wildman–Crippen LogP) is 4.90. The largest absolute Gasteiger partial charge is 0.450 e. The van der Waals surface area contributed by atoms with Gasteiger partial charge in [0.2, 0.25) is 5.76 Å². The molecular formula is C23H15ClN2O3. The van der Waals surface area contributed by atoms with Gasteiger partial charge in [-0.3, -0.25) is 14.5 Å². The average Bonchev–Trinajstić information content (AvgIpc) is 3.02. The minimum Gasteiger partial charge on any atom is -0.450 e. The fourth-order valence-electron chi connectivity index (χ4n) is 3.73. The molecule has 0 saturated heterocycles. The van der Waals surface area contributed by atoms with E-state index in [-0.39, 0.29) is 11.2 Å². The number of rotatable bonds is 2. The summed E-state index contributed by atoms with van der Waals surface area (Å²) in [5, 5.41) is 0.909. The number of fused-ring (bicyclic) bond motifs is 2. The van der Waals surface area contributed by atoms with Gasteiger partial charge in [0.25, 0.3) is 5.91 Å². The molecule has 1 aliphatic rings. The van der Waals surface area contributed by atoms with E-state index in [1.54, 1.807) is 36.4 Å². The number of halogens is 1. The first-order valence-electron chi connectivity index (χ1n) is 9.12. The summed E-state index contributed by atoms with van der Waals surface area (Å²) in [5.74, 6) is 0.0547. The lowest BCUT2D eigenvalue weighted by molar-refractivity contribution is 0.0970. The van der Waals surface area contributed by atoms with Crippen LogP contribution in [0.5, 0.6) is 0 Å². The van der Waals surface area contributed by atoms with Gasteiger partial charge in [-0.15, -0.1) is 0 Å². The molecule has 2 aromatic heterocycles. The highest BCUT2D eigenvalue weighted by molar-refractivity contribution is 6.30. The molecule has 0 bridgehead atoms. The molecule has 0 spiro atoms. The maximum absolute atomic E-state index is 13.4. The van der Waals surface area contributed by atoms with E-state index >= 15 is 0 Å². The Labute approximate surface area is 171 Å². The minimum atomic E-state index is -0.632. The zero-order valence-corrected chi connectivity index (χ0v) is 16.2. The van der Waals surface area contributed by atoms with E-state index in [1.807, 2.05) is 31.2 Å². The first-order valence-corrected chi connectivity index (χ1v) is 9.50. The van der Waals surface area contributed by atoms with Gasteiger partial charge in [-0.1, -0.05) is 53.6 Å². The summed E-state index contributed by atoms with van der Waals surface area (Å²) in [6.07, 6.45) is 1.48. The lowest BCUT2D eigenvalue weighted by atomic mass is 9.98. The Morgan fingerprint density at radius 2 is 1.76 bits per heavy atom. The van der Waals surface area contributed by atoms with Crippen LogP contribution < -0.4 is 10.3 Å². The van der Waals surface area contributed by atoms with Crippen molar-refractivity contribution in [2.75, 3.05) is 4.90 Å². The van der Waals surface area contributed by atoms with Gasteiger partial charge < -0.3 is 4.42 Å². The van der Waals surface area contributed by atoms with Crippen molar-refractivity contribution in [3.8, 4) is 0 Å². The molecular weight excluding hydrogens is 388 g/mol. The molecule has 0 saturated carbocycles. The first kappa shape index (κ1) is 17.6. The molecule has 1 amide bonds. The van der Waals surface area contributed by atoms with Crippen LogP contribution in [-0.4, -0.2) is 10.9 Å². The molecule has 0 fully saturated rings. The third-order valence-corrected chi connectivity index (χ3v) is 5.35. The second kappa shape index (κ2) is 6.57. The Balaban J connectivity index is 1.81. The SMILES string of the molecule is Cc1ccc([C@@H]2c3c(oc4ccccc4c3=O)C(=O)N2c2ccc(Cl)cn2)cc1. The van der Waals surface area contributed by atoms with Crippen molar-refractivity contribution >= 4 is 34.3 Å². The van der Waals surface area contributed by atoms with E-state index in [2.05, 4.69) is 4.98 Å². The second-order valence-electron chi connectivity index (χ2n) is 6.99. The number of aryl methyl sites for hydroxylation is 1. The molecule has 0 unspecified atom stereocenters. The molecule has 0 N–H and O–H groups in total. The van der Waals surface area contributed by atoms with E-state index < -0.39 is 11.9 Å². The molecule has 2 aromatic carbocycles. The van der Waals surface area contributed by atoms with Crippen LogP contribution in [0, 0.1) is 6.92 Å². The summed E-state index contributed by atoms with van der Waals surface area (Å²) in [5.41, 5.74) is 2.40. The normalized spacial score (nSPS) is 15.7. The number of hydrogen-bond acceptors (Lipinski definition) is 4. The topological polar surface area (TPSA) is 63.4 Å². The molecule has 5 nitrogen and oxygen atoms in total. The van der Waals surface area contributed by atoms with Crippen LogP contribution in [0.3, 0.4) is 0 Å². The van der Waals surface area contributed by atoms with E-state index in [0.29, 0.717) is 27.4 Å². The molecule has 4 aromatic rings. The number of amides is 1. The van der Waals surface area contributed by atoms with Crippen molar-refractivity contribution in [2.45, 2.75) is 13.0 Å². The fourth-order valence-corrected chi connectivity index (χ4v) is 3.84. The number of benzene rings is 2. The summed E-state index contributed by atoms with van der Waals surface area (Å²) in [6.45, 7) is 1.98. The van der Waals surface area contributed by atoms with E-state index in [9.17, 15) is 9.59 Å². The average molecular weight is 403 g/mol. The molecule has 1 aliphatic heterocycles. The van der Waals surface area contributed by atoms with E-state index in [1.165, 1.54) is 11.1 Å². The van der Waals surface area contributed by atoms with Gasteiger partial charge in [0.15, 0.2) is 5.43 Å². The fraction of sp³-hybridized carbons (Fsp3) is 0.0870. The van der Waals surface area contributed by atoms with Crippen molar-refractivity contribution in [3.05, 3.63) is 105 Å². The van der Waals surface area contributed by atoms with Crippen LogP contribution in [0.25, 0.3) is 11.0 Å². The molecule has 0 radical (unpaired) electrons. The van der Waals surface area contributed by atoms with Crippen molar-refractivity contribution < 1.29 is 9.21 Å². The van der Waals surface area contributed by atoms with Crippen molar-refractivity contribution in [2.24, 2.45) is 0 Å². The number of para-hydroxylation sites is 1. The summed E-state index contributed by atoms with van der Waals surface area (Å²) in [6, 6.07) is 17.4. The number of anilines is 1. The number of hydrogen-bond donors (Lipinski definition) is 0. The first-order chi connectivity index (χ1) is 14.0. The number of aromatic nitrogens is 1. The zero-order chi connectivity index (χ0) is 20.1. The molecule has 6 heteroatoms. The molecule has 3 heterocycles. The molecule has 29 heavy (non-hydrogen) atoms. The summed E-state index contributed by atoms with van der Waals surface area (Å²) in [4.78, 5) is 32.5. The number of carbonyl (C=O) groups is 1. The van der Waals surface area contributed by atoms with Gasteiger partial charge in [-0.25, -0.2) is 4.98 Å². The van der Waals surface area contributed by atoms with Gasteiger partial charge in [0.1, 0.15) is 11.4 Å². The third kappa shape index (κ3) is 2.74. The molecule has 1 atom stereocenters. The summed E-state index contributed by atoms with van der Waals surface area (Å²) < 4.78 is 5.90. The maximum atomic E-state index is 13.4. The van der Waals surface area contributed by atoms with Gasteiger partial charge in [-0.2, -0.15) is 0 Å². The smallest absolute Gasteiger partial charge is 0.296 e. The zero-order valence-electron chi connectivity index (χ0n) is 15.4. The van der Waals surface area contributed by atoms with E-state index in [0.717, 1.165) is 11.1 Å². The highest BCUT2D eigenvalue weighted by Gasteiger charge is 2.44. The monoisotopic (exact) mass is 402 g/mol. The van der Waals surface area contributed by atoms with Gasteiger partial charge in [0.05, 0.1) is 22.0 Å². The second-order valence-corrected chi connectivity index (χ2v) is 7.43. The number of pyridine rings is 1. The van der Waals surface area contributed by atoms with E-state index in [4.69, 9.17) is 16.0 Å². The van der Waals surface area contributed by atoms with Gasteiger partial charge >= 0.3 is 0 Å². The van der Waals surface area contributed by atoms with Crippen LogP contribution in [0.1, 0.15) is 33.3 Å². The minimum absolute atomic E-state index is 0.0519. The highest BCUT2D eigenvalue weighted by Crippen LogP contribution is 2.40. The highest BCUT2D eigenvalue weighted by atomic mass is 35.5. The Bertz CT molecular complexity index is 1310. The van der Waals surface area contributed by atoms with Crippen LogP contribution in [0.2, 0.25) is 5.02 Å². The Morgan fingerprint density at radius 3 is 2.48 bits per heavy atom. The van der Waals surface area contributed by atoms with Crippen LogP contribution in [0.15, 0.2) is 76.1 Å². The Morgan fingerprint density at radius 1 is 1.00 bits per heavy atom. The molecule has 5 rings (SSSR count). The number of carbonyl (C=O) groups excluding carboxylic acids is 1. The Kier molecular flexibility index (Phi) is 4.00. The quantitative estimate of drug-likeness (QED) is 0.478. The van der Waals surface area contributed by atoms with Crippen LogP contribution in [-0.2, 0) is 0 Å². The summed E-state index contributed by atoms with van der Waals surface area (Å²) >= 11 is 5.98. The molecule has 0 aliphatic carbocycles. The standard InChI is InChI=1S/C23H15ClN2O3/c1-13-6-8-14(9-7-13)20-19-21(27)16-4-2-3-5-17(16)29-22(19)23(28)26(20)18-11-10-15(24)12-25-18/h2-12,20H,1H3/t20-/m1/s1. The predicted molar refractivity (Wildman–Crippen MR) is 112 cm³/mol. The third-order valence-electron chi connectivity index (χ3n) is 5.13. The van der Waals surface area contributed by atoms with Crippen molar-refractivity contribution in [3.63, 3.8) is 0 Å². The maximum Gasteiger partial charge on any atom is 0.296 e. The van der Waals surface area contributed by atoms with Gasteiger partial charge in [0, 0.05) is 6.20 Å².